The van der Waals surface area contributed by atoms with Gasteiger partial charge in [-0.2, -0.15) is 0 Å². The highest BCUT2D eigenvalue weighted by molar-refractivity contribution is 5.90. The van der Waals surface area contributed by atoms with Crippen molar-refractivity contribution in [3.05, 3.63) is 66.4 Å². The molecule has 2 unspecified atom stereocenters. The van der Waals surface area contributed by atoms with E-state index in [2.05, 4.69) is 0 Å². The lowest BCUT2D eigenvalue weighted by Gasteiger charge is -2.35. The third-order valence-corrected chi connectivity index (χ3v) is 4.88. The molecule has 0 fully saturated rings. The van der Waals surface area contributed by atoms with Gasteiger partial charge in [-0.15, -0.1) is 0 Å². The van der Waals surface area contributed by atoms with Crippen LogP contribution in [0.4, 0.5) is 10.6 Å². The van der Waals surface area contributed by atoms with Crippen molar-refractivity contribution < 1.29 is 19.7 Å². The highest BCUT2D eigenvalue weighted by Gasteiger charge is 2.39. The van der Waals surface area contributed by atoms with E-state index in [1.807, 2.05) is 60.7 Å². The lowest BCUT2D eigenvalue weighted by Crippen LogP contribution is -2.47. The van der Waals surface area contributed by atoms with E-state index in [1.54, 1.807) is 20.8 Å². The summed E-state index contributed by atoms with van der Waals surface area (Å²) in [5.74, 6) is 0.186. The molecule has 0 radical (unpaired) electrons. The van der Waals surface area contributed by atoms with Crippen molar-refractivity contribution in [2.24, 2.45) is 0 Å². The maximum absolute atomic E-state index is 12.9. The molecule has 4 rings (SSSR count). The molecule has 0 aliphatic carbocycles. The molecule has 0 spiro atoms. The Kier molecular flexibility index (Phi) is 5.47. The third-order valence-electron chi connectivity index (χ3n) is 4.88. The Morgan fingerprint density at radius 1 is 0.935 bits per heavy atom. The molecule has 3 aromatic rings. The van der Waals surface area contributed by atoms with Crippen molar-refractivity contribution in [2.45, 2.75) is 38.6 Å². The molecule has 2 heterocycles. The molecular formula is C24H25N3O4. The van der Waals surface area contributed by atoms with Gasteiger partial charge in [0, 0.05) is 11.1 Å². The zero-order chi connectivity index (χ0) is 22.2. The fourth-order valence-corrected chi connectivity index (χ4v) is 3.46. The Balaban J connectivity index is 1.92. The molecule has 0 bridgehead atoms. The molecule has 0 saturated heterocycles. The van der Waals surface area contributed by atoms with Crippen LogP contribution in [0.25, 0.3) is 22.5 Å². The molecule has 2 N–H and O–H groups in total. The van der Waals surface area contributed by atoms with Crippen LogP contribution in [0.3, 0.4) is 0 Å². The van der Waals surface area contributed by atoms with Crippen LogP contribution in [0, 0.1) is 0 Å². The van der Waals surface area contributed by atoms with Gasteiger partial charge in [0.25, 0.3) is 0 Å². The maximum Gasteiger partial charge on any atom is 0.416 e. The molecule has 7 heteroatoms. The minimum atomic E-state index is -1.27. The van der Waals surface area contributed by atoms with E-state index in [1.165, 1.54) is 4.90 Å². The number of hydrogen-bond donors (Lipinski definition) is 2. The van der Waals surface area contributed by atoms with E-state index >= 15 is 0 Å². The molecule has 160 valence electrons. The number of carbonyl (C=O) groups is 1. The van der Waals surface area contributed by atoms with Crippen molar-refractivity contribution in [1.29, 1.82) is 0 Å². The van der Waals surface area contributed by atoms with Gasteiger partial charge in [0.1, 0.15) is 23.5 Å². The number of ether oxygens (including phenoxy) is 1. The molecule has 1 amide bonds. The Hall–Kier alpha value is -3.29. The molecule has 1 aromatic heterocycles. The molecule has 31 heavy (non-hydrogen) atoms. The predicted molar refractivity (Wildman–Crippen MR) is 117 cm³/mol. The summed E-state index contributed by atoms with van der Waals surface area (Å²) >= 11 is 0. The van der Waals surface area contributed by atoms with Crippen molar-refractivity contribution in [2.75, 3.05) is 11.4 Å². The zero-order valence-corrected chi connectivity index (χ0v) is 17.7. The summed E-state index contributed by atoms with van der Waals surface area (Å²) in [6.07, 6.45) is -3.13. The van der Waals surface area contributed by atoms with E-state index in [-0.39, 0.29) is 18.1 Å². The van der Waals surface area contributed by atoms with E-state index in [0.717, 1.165) is 11.1 Å². The minimum absolute atomic E-state index is 0.142. The van der Waals surface area contributed by atoms with Crippen LogP contribution in [0.5, 0.6) is 0 Å². The van der Waals surface area contributed by atoms with E-state index < -0.39 is 23.9 Å². The topological polar surface area (TPSA) is 95.8 Å². The highest BCUT2D eigenvalue weighted by Crippen LogP contribution is 2.38. The third kappa shape index (κ3) is 4.28. The van der Waals surface area contributed by atoms with E-state index in [4.69, 9.17) is 14.7 Å². The quantitative estimate of drug-likeness (QED) is 0.653. The number of fused-ring (bicyclic) bond motifs is 1. The Bertz CT molecular complexity index is 1080. The standard InChI is InChI=1S/C24H25N3O4/c1-24(2,3)31-23(30)27-14-17(28)21(29)20-22(27)26-19(16-12-8-5-9-13-16)18(25-20)15-10-6-4-7-11-15/h4-13,17,21,28-29H,14H2,1-3H3. The van der Waals surface area contributed by atoms with Gasteiger partial charge in [-0.3, -0.25) is 4.90 Å². The molecule has 0 saturated carbocycles. The van der Waals surface area contributed by atoms with Gasteiger partial charge in [-0.1, -0.05) is 60.7 Å². The average Bonchev–Trinajstić information content (AvgIpc) is 2.75. The number of aliphatic hydroxyl groups excluding tert-OH is 2. The largest absolute Gasteiger partial charge is 0.443 e. The van der Waals surface area contributed by atoms with Crippen LogP contribution in [0.15, 0.2) is 60.7 Å². The highest BCUT2D eigenvalue weighted by atomic mass is 16.6. The number of hydrogen-bond acceptors (Lipinski definition) is 6. The number of carbonyl (C=O) groups excluding carboxylic acids is 1. The Labute approximate surface area is 181 Å². The molecule has 2 aromatic carbocycles. The fraction of sp³-hybridized carbons (Fsp3) is 0.292. The normalized spacial score (nSPS) is 18.4. The van der Waals surface area contributed by atoms with Crippen molar-refractivity contribution in [1.82, 2.24) is 9.97 Å². The monoisotopic (exact) mass is 419 g/mol. The van der Waals surface area contributed by atoms with Crippen LogP contribution in [-0.2, 0) is 4.74 Å². The molecule has 2 atom stereocenters. The fourth-order valence-electron chi connectivity index (χ4n) is 3.46. The van der Waals surface area contributed by atoms with Crippen LogP contribution in [0.1, 0.15) is 32.6 Å². The van der Waals surface area contributed by atoms with Crippen molar-refractivity contribution >= 4 is 11.9 Å². The number of nitrogens with zero attached hydrogens (tertiary/aromatic N) is 3. The zero-order valence-electron chi connectivity index (χ0n) is 17.7. The number of benzene rings is 2. The second-order valence-corrected chi connectivity index (χ2v) is 8.46. The minimum Gasteiger partial charge on any atom is -0.443 e. The van der Waals surface area contributed by atoms with Gasteiger partial charge in [-0.05, 0) is 20.8 Å². The summed E-state index contributed by atoms with van der Waals surface area (Å²) < 4.78 is 5.50. The van der Waals surface area contributed by atoms with Crippen LogP contribution >= 0.6 is 0 Å². The summed E-state index contributed by atoms with van der Waals surface area (Å²) in [6.45, 7) is 5.15. The van der Waals surface area contributed by atoms with Crippen LogP contribution < -0.4 is 4.90 Å². The van der Waals surface area contributed by atoms with E-state index in [9.17, 15) is 15.0 Å². The van der Waals surface area contributed by atoms with Crippen LogP contribution in [-0.4, -0.2) is 44.5 Å². The molecule has 1 aliphatic rings. The summed E-state index contributed by atoms with van der Waals surface area (Å²) in [6, 6.07) is 19.0. The van der Waals surface area contributed by atoms with Gasteiger partial charge >= 0.3 is 6.09 Å². The Morgan fingerprint density at radius 3 is 1.97 bits per heavy atom. The van der Waals surface area contributed by atoms with Gasteiger partial charge in [0.05, 0.1) is 17.9 Å². The Morgan fingerprint density at radius 2 is 1.45 bits per heavy atom. The summed E-state index contributed by atoms with van der Waals surface area (Å²) in [5, 5.41) is 21.1. The first-order valence-corrected chi connectivity index (χ1v) is 10.1. The second-order valence-electron chi connectivity index (χ2n) is 8.46. The van der Waals surface area contributed by atoms with Gasteiger partial charge in [0.15, 0.2) is 5.82 Å². The lowest BCUT2D eigenvalue weighted by molar-refractivity contribution is 0.0101. The number of aliphatic hydroxyl groups is 2. The summed E-state index contributed by atoms with van der Waals surface area (Å²) in [7, 11) is 0. The molecule has 7 nitrogen and oxygen atoms in total. The lowest BCUT2D eigenvalue weighted by atomic mass is 10.0. The van der Waals surface area contributed by atoms with Gasteiger partial charge < -0.3 is 14.9 Å². The smallest absolute Gasteiger partial charge is 0.416 e. The summed E-state index contributed by atoms with van der Waals surface area (Å²) in [5.41, 5.74) is 2.18. The maximum atomic E-state index is 12.9. The van der Waals surface area contributed by atoms with Crippen molar-refractivity contribution in [3.8, 4) is 22.5 Å². The van der Waals surface area contributed by atoms with Gasteiger partial charge in [-0.25, -0.2) is 14.8 Å². The number of rotatable bonds is 2. The number of aromatic nitrogens is 2. The first kappa shape index (κ1) is 21.0. The van der Waals surface area contributed by atoms with Crippen molar-refractivity contribution in [3.63, 3.8) is 0 Å². The first-order chi connectivity index (χ1) is 14.7. The van der Waals surface area contributed by atoms with Crippen LogP contribution in [0.2, 0.25) is 0 Å². The number of β-amino-alcohol motifs (C(OH)–C–C–N with tert-alkyl or cyclic N) is 1. The molecule has 1 aliphatic heterocycles. The summed E-state index contributed by atoms with van der Waals surface area (Å²) in [4.78, 5) is 23.6. The predicted octanol–water partition coefficient (Wildman–Crippen LogP) is 3.96. The van der Waals surface area contributed by atoms with E-state index in [0.29, 0.717) is 11.4 Å². The number of amides is 1. The SMILES string of the molecule is CC(C)(C)OC(=O)N1CC(O)C(O)c2nc(-c3ccccc3)c(-c3ccccc3)nc21. The first-order valence-electron chi connectivity index (χ1n) is 10.1. The number of anilines is 1. The molecular weight excluding hydrogens is 394 g/mol. The second kappa shape index (κ2) is 8.09. The average molecular weight is 419 g/mol. The van der Waals surface area contributed by atoms with Gasteiger partial charge in [0.2, 0.25) is 0 Å².